The second-order valence-corrected chi connectivity index (χ2v) is 6.98. The number of nitrogen functional groups attached to an aromatic ring is 1. The van der Waals surface area contributed by atoms with Crippen molar-refractivity contribution < 1.29 is 0 Å². The van der Waals surface area contributed by atoms with Gasteiger partial charge in [-0.1, -0.05) is 84.9 Å². The van der Waals surface area contributed by atoms with Gasteiger partial charge in [0.15, 0.2) is 0 Å². The summed E-state index contributed by atoms with van der Waals surface area (Å²) >= 11 is 0. The summed E-state index contributed by atoms with van der Waals surface area (Å²) in [6.07, 6.45) is 4.32. The molecule has 4 aromatic carbocycles. The first-order valence-electron chi connectivity index (χ1n) is 9.42. The zero-order valence-corrected chi connectivity index (χ0v) is 15.4. The SMILES string of the molecule is Nc1cccc(-c2ccc3c(c2)Nc2ccccc2C=C3)c1-c1ccccc1. The Morgan fingerprint density at radius 2 is 1.32 bits per heavy atom. The van der Waals surface area contributed by atoms with Crippen LogP contribution in [0.1, 0.15) is 11.1 Å². The number of anilines is 3. The van der Waals surface area contributed by atoms with E-state index in [-0.39, 0.29) is 0 Å². The molecule has 4 aromatic rings. The lowest BCUT2D eigenvalue weighted by molar-refractivity contribution is 1.52. The number of nitrogens with one attached hydrogen (secondary N) is 1. The van der Waals surface area contributed by atoms with Crippen LogP contribution in [-0.2, 0) is 0 Å². The lowest BCUT2D eigenvalue weighted by atomic mass is 9.92. The molecule has 0 fully saturated rings. The Balaban J connectivity index is 1.65. The van der Waals surface area contributed by atoms with Gasteiger partial charge < -0.3 is 11.1 Å². The van der Waals surface area contributed by atoms with Gasteiger partial charge in [0, 0.05) is 22.6 Å². The summed E-state index contributed by atoms with van der Waals surface area (Å²) in [6, 6.07) is 31.4. The highest BCUT2D eigenvalue weighted by Gasteiger charge is 2.14. The van der Waals surface area contributed by atoms with E-state index in [0.29, 0.717) is 0 Å². The van der Waals surface area contributed by atoms with Gasteiger partial charge in [0.25, 0.3) is 0 Å². The number of hydrogen-bond acceptors (Lipinski definition) is 2. The summed E-state index contributed by atoms with van der Waals surface area (Å²) < 4.78 is 0. The van der Waals surface area contributed by atoms with Crippen LogP contribution in [0.5, 0.6) is 0 Å². The van der Waals surface area contributed by atoms with Crippen molar-refractivity contribution in [2.24, 2.45) is 0 Å². The average molecular weight is 360 g/mol. The fourth-order valence-corrected chi connectivity index (χ4v) is 3.80. The zero-order valence-electron chi connectivity index (χ0n) is 15.4. The van der Waals surface area contributed by atoms with Crippen LogP contribution in [0.2, 0.25) is 0 Å². The van der Waals surface area contributed by atoms with Crippen LogP contribution in [0.3, 0.4) is 0 Å². The Labute approximate surface area is 165 Å². The molecule has 0 spiro atoms. The molecule has 134 valence electrons. The van der Waals surface area contributed by atoms with Crippen molar-refractivity contribution in [1.82, 2.24) is 0 Å². The van der Waals surface area contributed by atoms with Gasteiger partial charge in [-0.25, -0.2) is 0 Å². The van der Waals surface area contributed by atoms with E-state index in [1.54, 1.807) is 0 Å². The predicted molar refractivity (Wildman–Crippen MR) is 120 cm³/mol. The van der Waals surface area contributed by atoms with E-state index in [0.717, 1.165) is 39.3 Å². The lowest BCUT2D eigenvalue weighted by Gasteiger charge is -2.16. The lowest BCUT2D eigenvalue weighted by Crippen LogP contribution is -1.96. The molecule has 1 aliphatic heterocycles. The molecule has 0 atom stereocenters. The molecule has 0 saturated carbocycles. The molecule has 2 heteroatoms. The molecule has 1 heterocycles. The molecule has 0 unspecified atom stereocenters. The molecular weight excluding hydrogens is 340 g/mol. The molecule has 3 N–H and O–H groups in total. The van der Waals surface area contributed by atoms with Gasteiger partial charge in [-0.05, 0) is 46.0 Å². The second kappa shape index (κ2) is 6.75. The number of rotatable bonds is 2. The van der Waals surface area contributed by atoms with E-state index < -0.39 is 0 Å². The summed E-state index contributed by atoms with van der Waals surface area (Å²) in [5.74, 6) is 0. The van der Waals surface area contributed by atoms with E-state index in [9.17, 15) is 0 Å². The first-order chi connectivity index (χ1) is 13.8. The maximum atomic E-state index is 6.39. The smallest absolute Gasteiger partial charge is 0.0464 e. The quantitative estimate of drug-likeness (QED) is 0.339. The summed E-state index contributed by atoms with van der Waals surface area (Å²) in [5.41, 5.74) is 16.2. The van der Waals surface area contributed by atoms with Crippen molar-refractivity contribution in [1.29, 1.82) is 0 Å². The standard InChI is InChI=1S/C26H20N2/c27-23-11-6-10-22(26(23)20-8-2-1-3-9-20)21-16-15-19-14-13-18-7-4-5-12-24(18)28-25(19)17-21/h1-17,28H,27H2. The van der Waals surface area contributed by atoms with E-state index in [2.05, 4.69) is 78.1 Å². The first-order valence-corrected chi connectivity index (χ1v) is 9.42. The van der Waals surface area contributed by atoms with Crippen LogP contribution < -0.4 is 11.1 Å². The van der Waals surface area contributed by atoms with Crippen LogP contribution in [0.4, 0.5) is 17.1 Å². The van der Waals surface area contributed by atoms with Crippen molar-refractivity contribution in [2.75, 3.05) is 11.1 Å². The maximum Gasteiger partial charge on any atom is 0.0464 e. The molecule has 0 aliphatic carbocycles. The number of fused-ring (bicyclic) bond motifs is 2. The molecule has 0 bridgehead atoms. The van der Waals surface area contributed by atoms with Gasteiger partial charge in [0.2, 0.25) is 0 Å². The fraction of sp³-hybridized carbons (Fsp3) is 0. The Hall–Kier alpha value is -3.78. The van der Waals surface area contributed by atoms with E-state index in [1.165, 1.54) is 11.1 Å². The molecule has 5 rings (SSSR count). The highest BCUT2D eigenvalue weighted by atomic mass is 14.9. The maximum absolute atomic E-state index is 6.39. The highest BCUT2D eigenvalue weighted by Crippen LogP contribution is 2.39. The van der Waals surface area contributed by atoms with Crippen molar-refractivity contribution in [3.05, 3.63) is 102 Å². The van der Waals surface area contributed by atoms with Crippen LogP contribution in [0.25, 0.3) is 34.4 Å². The van der Waals surface area contributed by atoms with Crippen molar-refractivity contribution in [3.63, 3.8) is 0 Å². The molecule has 1 aliphatic rings. The molecular formula is C26H20N2. The van der Waals surface area contributed by atoms with Gasteiger partial charge in [0.1, 0.15) is 0 Å². The third-order valence-corrected chi connectivity index (χ3v) is 5.20. The minimum Gasteiger partial charge on any atom is -0.398 e. The molecule has 0 saturated heterocycles. The third-order valence-electron chi connectivity index (χ3n) is 5.20. The predicted octanol–water partition coefficient (Wildman–Crippen LogP) is 6.83. The topological polar surface area (TPSA) is 38.0 Å². The van der Waals surface area contributed by atoms with Crippen LogP contribution in [-0.4, -0.2) is 0 Å². The van der Waals surface area contributed by atoms with Gasteiger partial charge in [-0.3, -0.25) is 0 Å². The van der Waals surface area contributed by atoms with Crippen LogP contribution in [0, 0.1) is 0 Å². The minimum atomic E-state index is 0.789. The zero-order chi connectivity index (χ0) is 18.9. The Bertz CT molecular complexity index is 1190. The average Bonchev–Trinajstić information content (AvgIpc) is 2.93. The normalized spacial score (nSPS) is 11.9. The van der Waals surface area contributed by atoms with Gasteiger partial charge in [0.05, 0.1) is 0 Å². The number of para-hydroxylation sites is 1. The summed E-state index contributed by atoms with van der Waals surface area (Å²) in [7, 11) is 0. The first kappa shape index (κ1) is 16.4. The van der Waals surface area contributed by atoms with E-state index in [4.69, 9.17) is 5.73 Å². The number of benzene rings is 4. The molecule has 0 radical (unpaired) electrons. The van der Waals surface area contributed by atoms with Gasteiger partial charge in [-0.15, -0.1) is 0 Å². The van der Waals surface area contributed by atoms with Crippen molar-refractivity contribution in [2.45, 2.75) is 0 Å². The highest BCUT2D eigenvalue weighted by molar-refractivity contribution is 5.94. The Morgan fingerprint density at radius 3 is 2.18 bits per heavy atom. The second-order valence-electron chi connectivity index (χ2n) is 6.98. The van der Waals surface area contributed by atoms with E-state index >= 15 is 0 Å². The monoisotopic (exact) mass is 360 g/mol. The Kier molecular flexibility index (Phi) is 3.95. The minimum absolute atomic E-state index is 0.789. The molecule has 2 nitrogen and oxygen atoms in total. The van der Waals surface area contributed by atoms with Crippen molar-refractivity contribution in [3.8, 4) is 22.3 Å². The molecule has 0 aromatic heterocycles. The van der Waals surface area contributed by atoms with Crippen LogP contribution >= 0.6 is 0 Å². The van der Waals surface area contributed by atoms with Crippen LogP contribution in [0.15, 0.2) is 91.0 Å². The van der Waals surface area contributed by atoms with Gasteiger partial charge in [-0.2, -0.15) is 0 Å². The number of hydrogen-bond donors (Lipinski definition) is 2. The third kappa shape index (κ3) is 2.85. The molecule has 28 heavy (non-hydrogen) atoms. The van der Waals surface area contributed by atoms with Crippen molar-refractivity contribution >= 4 is 29.2 Å². The molecule has 0 amide bonds. The largest absolute Gasteiger partial charge is 0.398 e. The van der Waals surface area contributed by atoms with E-state index in [1.807, 2.05) is 30.3 Å². The van der Waals surface area contributed by atoms with Gasteiger partial charge >= 0.3 is 0 Å². The summed E-state index contributed by atoms with van der Waals surface area (Å²) in [5, 5.41) is 3.59. The summed E-state index contributed by atoms with van der Waals surface area (Å²) in [4.78, 5) is 0. The fourth-order valence-electron chi connectivity index (χ4n) is 3.80. The number of nitrogens with two attached hydrogens (primary N) is 1. The summed E-state index contributed by atoms with van der Waals surface area (Å²) in [6.45, 7) is 0. The Morgan fingerprint density at radius 1 is 0.571 bits per heavy atom.